The molecule has 1 aliphatic heterocycles. The molecule has 0 unspecified atom stereocenters. The highest BCUT2D eigenvalue weighted by atomic mass is 32.2. The number of nitrogens with zero attached hydrogens (tertiary/aromatic N) is 1. The molecule has 0 saturated carbocycles. The maximum atomic E-state index is 12.8. The van der Waals surface area contributed by atoms with Gasteiger partial charge in [0.25, 0.3) is 0 Å². The Morgan fingerprint density at radius 1 is 1.45 bits per heavy atom. The lowest BCUT2D eigenvalue weighted by molar-refractivity contribution is 0.355. The number of hydrogen-bond donors (Lipinski definition) is 1. The van der Waals surface area contributed by atoms with Crippen LogP contribution in [0.2, 0.25) is 0 Å². The van der Waals surface area contributed by atoms with Crippen molar-refractivity contribution in [3.05, 3.63) is 30.1 Å². The Kier molecular flexibility index (Phi) is 4.59. The molecule has 1 aliphatic rings. The van der Waals surface area contributed by atoms with Crippen molar-refractivity contribution in [3.63, 3.8) is 0 Å². The minimum absolute atomic E-state index is 0.0783. The lowest BCUT2D eigenvalue weighted by Crippen LogP contribution is -2.43. The lowest BCUT2D eigenvalue weighted by atomic mass is 10.2. The first-order valence-electron chi connectivity index (χ1n) is 6.45. The van der Waals surface area contributed by atoms with E-state index in [2.05, 4.69) is 5.32 Å². The summed E-state index contributed by atoms with van der Waals surface area (Å²) < 4.78 is 35.9. The van der Waals surface area contributed by atoms with Crippen LogP contribution in [0.3, 0.4) is 0 Å². The minimum Gasteiger partial charge on any atom is -0.345 e. The van der Waals surface area contributed by atoms with Gasteiger partial charge in [-0.1, -0.05) is 0 Å². The zero-order valence-corrected chi connectivity index (χ0v) is 12.8. The Hall–Kier alpha value is -1.21. The maximum Gasteiger partial charge on any atom is 0.173 e. The molecule has 1 heterocycles. The monoisotopic (exact) mass is 316 g/mol. The topological polar surface area (TPSA) is 49.4 Å². The fourth-order valence-electron chi connectivity index (χ4n) is 2.32. The summed E-state index contributed by atoms with van der Waals surface area (Å²) in [6.07, 6.45) is 0.599. The summed E-state index contributed by atoms with van der Waals surface area (Å²) in [5.74, 6) is 0.0510. The number of sulfone groups is 1. The summed E-state index contributed by atoms with van der Waals surface area (Å²) in [6.45, 7) is 2.57. The van der Waals surface area contributed by atoms with E-state index in [4.69, 9.17) is 12.2 Å². The molecule has 0 aliphatic carbocycles. The maximum absolute atomic E-state index is 12.8. The van der Waals surface area contributed by atoms with Crippen molar-refractivity contribution in [1.29, 1.82) is 0 Å². The normalized spacial score (nSPS) is 20.6. The molecule has 0 spiro atoms. The molecule has 1 saturated heterocycles. The first-order chi connectivity index (χ1) is 9.41. The Balaban J connectivity index is 2.04. The van der Waals surface area contributed by atoms with Crippen LogP contribution in [0.25, 0.3) is 0 Å². The molecule has 1 aromatic carbocycles. The van der Waals surface area contributed by atoms with Gasteiger partial charge in [0.15, 0.2) is 14.9 Å². The van der Waals surface area contributed by atoms with E-state index >= 15 is 0 Å². The molecule has 1 atom stereocenters. The van der Waals surface area contributed by atoms with Gasteiger partial charge >= 0.3 is 0 Å². The van der Waals surface area contributed by atoms with Crippen molar-refractivity contribution >= 4 is 32.9 Å². The average molecular weight is 316 g/mol. The van der Waals surface area contributed by atoms with Gasteiger partial charge in [0.1, 0.15) is 5.82 Å². The van der Waals surface area contributed by atoms with Crippen LogP contribution in [-0.4, -0.2) is 42.5 Å². The van der Waals surface area contributed by atoms with Gasteiger partial charge in [0.2, 0.25) is 0 Å². The van der Waals surface area contributed by atoms with Crippen LogP contribution in [0.5, 0.6) is 0 Å². The summed E-state index contributed by atoms with van der Waals surface area (Å²) in [6, 6.07) is 5.81. The Morgan fingerprint density at radius 2 is 2.10 bits per heavy atom. The quantitative estimate of drug-likeness (QED) is 0.865. The van der Waals surface area contributed by atoms with Gasteiger partial charge in [0.05, 0.1) is 11.5 Å². The van der Waals surface area contributed by atoms with Crippen LogP contribution in [0.1, 0.15) is 13.3 Å². The molecular formula is C13H17FN2O2S2. The first kappa shape index (κ1) is 15.2. The second-order valence-electron chi connectivity index (χ2n) is 4.78. The molecule has 20 heavy (non-hydrogen) atoms. The fraction of sp³-hybridized carbons (Fsp3) is 0.462. The summed E-state index contributed by atoms with van der Waals surface area (Å²) in [7, 11) is -2.94. The van der Waals surface area contributed by atoms with Gasteiger partial charge in [-0.3, -0.25) is 0 Å². The number of halogens is 1. The second-order valence-corrected chi connectivity index (χ2v) is 7.40. The van der Waals surface area contributed by atoms with Crippen LogP contribution >= 0.6 is 12.2 Å². The van der Waals surface area contributed by atoms with Gasteiger partial charge in [-0.15, -0.1) is 0 Å². The fourth-order valence-corrected chi connectivity index (χ4v) is 4.44. The molecule has 4 nitrogen and oxygen atoms in total. The van der Waals surface area contributed by atoms with Crippen LogP contribution in [-0.2, 0) is 9.84 Å². The Labute approximate surface area is 123 Å². The summed E-state index contributed by atoms with van der Waals surface area (Å²) >= 11 is 5.33. The van der Waals surface area contributed by atoms with Crippen molar-refractivity contribution < 1.29 is 12.8 Å². The number of benzene rings is 1. The van der Waals surface area contributed by atoms with E-state index in [1.807, 2.05) is 11.8 Å². The van der Waals surface area contributed by atoms with Crippen molar-refractivity contribution in [1.82, 2.24) is 4.90 Å². The molecule has 0 radical (unpaired) electrons. The number of anilines is 1. The standard InChI is InChI=1S/C13H17FN2O2S2/c1-2-16(12-7-8-20(17,18)9-12)13(19)15-11-5-3-10(14)4-6-11/h3-6,12H,2,7-9H2,1H3,(H,15,19)/t12-/m1/s1. The molecule has 1 fully saturated rings. The van der Waals surface area contributed by atoms with Crippen LogP contribution in [0.15, 0.2) is 24.3 Å². The molecule has 1 N–H and O–H groups in total. The zero-order chi connectivity index (χ0) is 14.8. The molecule has 1 aromatic rings. The molecule has 0 aromatic heterocycles. The highest BCUT2D eigenvalue weighted by Crippen LogP contribution is 2.19. The number of nitrogens with one attached hydrogen (secondary N) is 1. The molecule has 2 rings (SSSR count). The average Bonchev–Trinajstić information content (AvgIpc) is 2.73. The first-order valence-corrected chi connectivity index (χ1v) is 8.68. The summed E-state index contributed by atoms with van der Waals surface area (Å²) in [5, 5.41) is 3.49. The number of rotatable bonds is 3. The highest BCUT2D eigenvalue weighted by molar-refractivity contribution is 7.91. The SMILES string of the molecule is CCN(C(=S)Nc1ccc(F)cc1)[C@@H]1CCS(=O)(=O)C1. The Bertz CT molecular complexity index is 587. The predicted octanol–water partition coefficient (Wildman–Crippen LogP) is 2.03. The van der Waals surface area contributed by atoms with Crippen LogP contribution in [0.4, 0.5) is 10.1 Å². The van der Waals surface area contributed by atoms with Gasteiger partial charge in [0, 0.05) is 18.3 Å². The van der Waals surface area contributed by atoms with E-state index in [0.29, 0.717) is 23.8 Å². The third-order valence-electron chi connectivity index (χ3n) is 3.35. The molecule has 0 bridgehead atoms. The van der Waals surface area contributed by atoms with Gasteiger partial charge < -0.3 is 10.2 Å². The zero-order valence-electron chi connectivity index (χ0n) is 11.2. The number of thiocarbonyl (C=S) groups is 1. The van der Waals surface area contributed by atoms with E-state index in [0.717, 1.165) is 0 Å². The summed E-state index contributed by atoms with van der Waals surface area (Å²) in [5.41, 5.74) is 0.690. The molecule has 110 valence electrons. The van der Waals surface area contributed by atoms with Crippen molar-refractivity contribution in [3.8, 4) is 0 Å². The molecule has 7 heteroatoms. The van der Waals surface area contributed by atoms with Crippen molar-refractivity contribution in [2.24, 2.45) is 0 Å². The van der Waals surface area contributed by atoms with Crippen LogP contribution < -0.4 is 5.32 Å². The third-order valence-corrected chi connectivity index (χ3v) is 5.43. The Morgan fingerprint density at radius 3 is 2.60 bits per heavy atom. The van der Waals surface area contributed by atoms with Crippen molar-refractivity contribution in [2.75, 3.05) is 23.4 Å². The summed E-state index contributed by atoms with van der Waals surface area (Å²) in [4.78, 5) is 1.88. The van der Waals surface area contributed by atoms with Crippen molar-refractivity contribution in [2.45, 2.75) is 19.4 Å². The minimum atomic E-state index is -2.94. The van der Waals surface area contributed by atoms with E-state index in [1.165, 1.54) is 12.1 Å². The van der Waals surface area contributed by atoms with E-state index in [-0.39, 0.29) is 23.4 Å². The molecule has 0 amide bonds. The second kappa shape index (κ2) is 6.05. The lowest BCUT2D eigenvalue weighted by Gasteiger charge is -2.29. The smallest absolute Gasteiger partial charge is 0.173 e. The number of hydrogen-bond acceptors (Lipinski definition) is 3. The van der Waals surface area contributed by atoms with Gasteiger partial charge in [-0.05, 0) is 49.8 Å². The third kappa shape index (κ3) is 3.67. The predicted molar refractivity (Wildman–Crippen MR) is 82.1 cm³/mol. The largest absolute Gasteiger partial charge is 0.345 e. The van der Waals surface area contributed by atoms with Gasteiger partial charge in [-0.2, -0.15) is 0 Å². The molecular weight excluding hydrogens is 299 g/mol. The van der Waals surface area contributed by atoms with E-state index in [1.54, 1.807) is 12.1 Å². The van der Waals surface area contributed by atoms with E-state index in [9.17, 15) is 12.8 Å². The van der Waals surface area contributed by atoms with E-state index < -0.39 is 9.84 Å². The van der Waals surface area contributed by atoms with Crippen LogP contribution in [0, 0.1) is 5.82 Å². The highest BCUT2D eigenvalue weighted by Gasteiger charge is 2.32. The van der Waals surface area contributed by atoms with Gasteiger partial charge in [-0.25, -0.2) is 12.8 Å².